The molecule has 0 radical (unpaired) electrons. The molecule has 3 nitrogen and oxygen atoms in total. The van der Waals surface area contributed by atoms with E-state index in [1.165, 1.54) is 19.3 Å². The van der Waals surface area contributed by atoms with Crippen molar-refractivity contribution in [2.24, 2.45) is 5.41 Å². The van der Waals surface area contributed by atoms with E-state index in [-0.39, 0.29) is 0 Å². The number of hydrogen-bond donors (Lipinski definition) is 1. The van der Waals surface area contributed by atoms with Crippen LogP contribution >= 0.6 is 0 Å². The lowest BCUT2D eigenvalue weighted by molar-refractivity contribution is 0.359. The summed E-state index contributed by atoms with van der Waals surface area (Å²) in [5.41, 5.74) is 1.61. The molecule has 0 aromatic carbocycles. The summed E-state index contributed by atoms with van der Waals surface area (Å²) in [6, 6.07) is 0.630. The zero-order chi connectivity index (χ0) is 12.5. The van der Waals surface area contributed by atoms with Gasteiger partial charge in [0.05, 0.1) is 5.69 Å². The third-order valence-electron chi connectivity index (χ3n) is 3.72. The van der Waals surface area contributed by atoms with E-state index in [9.17, 15) is 0 Å². The van der Waals surface area contributed by atoms with Crippen LogP contribution in [0, 0.1) is 12.3 Å². The first-order chi connectivity index (χ1) is 8.02. The van der Waals surface area contributed by atoms with Crippen molar-refractivity contribution in [3.05, 3.63) is 11.9 Å². The number of rotatable bonds is 4. The molecule has 3 heteroatoms. The molecule has 1 aromatic rings. The summed E-state index contributed by atoms with van der Waals surface area (Å²) in [5.74, 6) is 1.06. The van der Waals surface area contributed by atoms with Crippen LogP contribution in [0.2, 0.25) is 0 Å². The zero-order valence-corrected chi connectivity index (χ0v) is 11.6. The van der Waals surface area contributed by atoms with Gasteiger partial charge in [-0.15, -0.1) is 0 Å². The van der Waals surface area contributed by atoms with E-state index in [4.69, 9.17) is 0 Å². The summed E-state index contributed by atoms with van der Waals surface area (Å²) in [7, 11) is 0. The Hall–Kier alpha value is -0.990. The highest BCUT2D eigenvalue weighted by atomic mass is 15.2. The predicted octanol–water partition coefficient (Wildman–Crippen LogP) is 3.76. The maximum absolute atomic E-state index is 4.59. The van der Waals surface area contributed by atoms with Crippen LogP contribution in [-0.4, -0.2) is 16.1 Å². The Bertz CT molecular complexity index is 379. The van der Waals surface area contributed by atoms with Crippen molar-refractivity contribution in [3.63, 3.8) is 0 Å². The van der Waals surface area contributed by atoms with E-state index in [1.54, 1.807) is 0 Å². The van der Waals surface area contributed by atoms with Crippen molar-refractivity contribution in [1.82, 2.24) is 9.55 Å². The van der Waals surface area contributed by atoms with Crippen LogP contribution in [0.3, 0.4) is 0 Å². The highest BCUT2D eigenvalue weighted by Crippen LogP contribution is 2.44. The molecule has 1 atom stereocenters. The molecule has 0 spiro atoms. The highest BCUT2D eigenvalue weighted by Gasteiger charge is 2.32. The molecule has 0 bridgehead atoms. The maximum Gasteiger partial charge on any atom is 0.203 e. The van der Waals surface area contributed by atoms with Gasteiger partial charge in [0, 0.05) is 18.8 Å². The SMILES string of the molecule is CCCNc1nc(C)cn1C1CCC(C)(C)C1. The molecular weight excluding hydrogens is 210 g/mol. The number of nitrogens with one attached hydrogen (secondary N) is 1. The number of aromatic nitrogens is 2. The number of anilines is 1. The molecule has 1 aromatic heterocycles. The van der Waals surface area contributed by atoms with Gasteiger partial charge in [0.15, 0.2) is 0 Å². The lowest BCUT2D eigenvalue weighted by atomic mass is 9.92. The second-order valence-corrected chi connectivity index (χ2v) is 6.10. The second kappa shape index (κ2) is 4.71. The predicted molar refractivity (Wildman–Crippen MR) is 72.4 cm³/mol. The Morgan fingerprint density at radius 1 is 1.53 bits per heavy atom. The van der Waals surface area contributed by atoms with Crippen LogP contribution in [-0.2, 0) is 0 Å². The third kappa shape index (κ3) is 2.82. The van der Waals surface area contributed by atoms with Crippen LogP contribution in [0.4, 0.5) is 5.95 Å². The van der Waals surface area contributed by atoms with Crippen molar-refractivity contribution in [2.45, 2.75) is 59.4 Å². The van der Waals surface area contributed by atoms with E-state index in [2.05, 4.69) is 48.8 Å². The van der Waals surface area contributed by atoms with Crippen molar-refractivity contribution >= 4 is 5.95 Å². The Kier molecular flexibility index (Phi) is 3.45. The van der Waals surface area contributed by atoms with Crippen molar-refractivity contribution in [3.8, 4) is 0 Å². The first-order valence-electron chi connectivity index (χ1n) is 6.81. The van der Waals surface area contributed by atoms with Crippen LogP contribution in [0.5, 0.6) is 0 Å². The van der Waals surface area contributed by atoms with Crippen LogP contribution in [0.25, 0.3) is 0 Å². The van der Waals surface area contributed by atoms with Gasteiger partial charge in [-0.05, 0) is 38.0 Å². The van der Waals surface area contributed by atoms with Crippen molar-refractivity contribution in [2.75, 3.05) is 11.9 Å². The van der Waals surface area contributed by atoms with Gasteiger partial charge in [-0.25, -0.2) is 4.98 Å². The second-order valence-electron chi connectivity index (χ2n) is 6.10. The van der Waals surface area contributed by atoms with E-state index in [0.717, 1.165) is 24.6 Å². The summed E-state index contributed by atoms with van der Waals surface area (Å²) in [5, 5.41) is 3.44. The lowest BCUT2D eigenvalue weighted by Gasteiger charge is -2.19. The quantitative estimate of drug-likeness (QED) is 0.861. The third-order valence-corrected chi connectivity index (χ3v) is 3.72. The molecule has 1 N–H and O–H groups in total. The van der Waals surface area contributed by atoms with Gasteiger partial charge in [-0.3, -0.25) is 0 Å². The van der Waals surface area contributed by atoms with Gasteiger partial charge in [0.1, 0.15) is 0 Å². The normalized spacial score (nSPS) is 22.9. The van der Waals surface area contributed by atoms with E-state index in [1.807, 2.05) is 0 Å². The molecule has 0 amide bonds. The Morgan fingerprint density at radius 2 is 2.29 bits per heavy atom. The largest absolute Gasteiger partial charge is 0.356 e. The van der Waals surface area contributed by atoms with Gasteiger partial charge in [-0.2, -0.15) is 0 Å². The van der Waals surface area contributed by atoms with E-state index in [0.29, 0.717) is 11.5 Å². The van der Waals surface area contributed by atoms with Gasteiger partial charge in [0.25, 0.3) is 0 Å². The fourth-order valence-corrected chi connectivity index (χ4v) is 2.80. The minimum absolute atomic E-state index is 0.491. The number of hydrogen-bond acceptors (Lipinski definition) is 2. The average molecular weight is 235 g/mol. The molecule has 2 rings (SSSR count). The van der Waals surface area contributed by atoms with Crippen molar-refractivity contribution in [1.29, 1.82) is 0 Å². The topological polar surface area (TPSA) is 29.9 Å². The standard InChI is InChI=1S/C14H25N3/c1-5-8-15-13-16-11(2)10-17(13)12-6-7-14(3,4)9-12/h10,12H,5-9H2,1-4H3,(H,15,16). The number of nitrogens with zero attached hydrogens (tertiary/aromatic N) is 2. The molecule has 1 fully saturated rings. The van der Waals surface area contributed by atoms with E-state index >= 15 is 0 Å². The molecule has 17 heavy (non-hydrogen) atoms. The summed E-state index contributed by atoms with van der Waals surface area (Å²) < 4.78 is 2.36. The first kappa shape index (κ1) is 12.5. The molecule has 0 saturated heterocycles. The number of aryl methyl sites for hydroxylation is 1. The summed E-state index contributed by atoms with van der Waals surface area (Å²) >= 11 is 0. The molecule has 1 aliphatic carbocycles. The van der Waals surface area contributed by atoms with Crippen LogP contribution < -0.4 is 5.32 Å². The molecule has 1 aliphatic rings. The van der Waals surface area contributed by atoms with Gasteiger partial charge in [0.2, 0.25) is 5.95 Å². The smallest absolute Gasteiger partial charge is 0.203 e. The Labute approximate surface area is 105 Å². The summed E-state index contributed by atoms with van der Waals surface area (Å²) in [6.07, 6.45) is 7.21. The van der Waals surface area contributed by atoms with E-state index < -0.39 is 0 Å². The monoisotopic (exact) mass is 235 g/mol. The molecule has 1 saturated carbocycles. The van der Waals surface area contributed by atoms with Gasteiger partial charge in [-0.1, -0.05) is 20.8 Å². The zero-order valence-electron chi connectivity index (χ0n) is 11.6. The molecule has 0 aliphatic heterocycles. The maximum atomic E-state index is 4.59. The Morgan fingerprint density at radius 3 is 2.88 bits per heavy atom. The number of imidazole rings is 1. The minimum atomic E-state index is 0.491. The van der Waals surface area contributed by atoms with Gasteiger partial charge < -0.3 is 9.88 Å². The Balaban J connectivity index is 2.14. The lowest BCUT2D eigenvalue weighted by Crippen LogP contribution is -2.13. The average Bonchev–Trinajstić information content (AvgIpc) is 2.78. The minimum Gasteiger partial charge on any atom is -0.356 e. The summed E-state index contributed by atoms with van der Waals surface area (Å²) in [6.45, 7) is 10.0. The fourth-order valence-electron chi connectivity index (χ4n) is 2.80. The highest BCUT2D eigenvalue weighted by molar-refractivity contribution is 5.29. The van der Waals surface area contributed by atoms with Crippen molar-refractivity contribution < 1.29 is 0 Å². The fraction of sp³-hybridized carbons (Fsp3) is 0.786. The first-order valence-corrected chi connectivity index (χ1v) is 6.81. The molecule has 1 unspecified atom stereocenters. The summed E-state index contributed by atoms with van der Waals surface area (Å²) in [4.78, 5) is 4.59. The van der Waals surface area contributed by atoms with Crippen LogP contribution in [0.1, 0.15) is 58.2 Å². The van der Waals surface area contributed by atoms with Gasteiger partial charge >= 0.3 is 0 Å². The molecule has 96 valence electrons. The van der Waals surface area contributed by atoms with Crippen LogP contribution in [0.15, 0.2) is 6.20 Å². The molecule has 1 heterocycles. The molecular formula is C14H25N3.